The van der Waals surface area contributed by atoms with Gasteiger partial charge in [0.05, 0.1) is 10.9 Å². The van der Waals surface area contributed by atoms with Crippen molar-refractivity contribution in [1.82, 2.24) is 15.1 Å². The largest absolute Gasteiger partial charge is 0.354 e. The second-order valence-corrected chi connectivity index (χ2v) is 8.27. The molecule has 0 aliphatic carbocycles. The molecule has 150 valence electrons. The molecule has 1 fully saturated rings. The number of nitrogens with zero attached hydrogens (tertiary/aromatic N) is 2. The Morgan fingerprint density at radius 2 is 1.89 bits per heavy atom. The van der Waals surface area contributed by atoms with Crippen LogP contribution in [-0.2, 0) is 4.79 Å². The number of benzene rings is 1. The third-order valence-electron chi connectivity index (χ3n) is 5.23. The summed E-state index contributed by atoms with van der Waals surface area (Å²) in [6.07, 6.45) is 1.35. The van der Waals surface area contributed by atoms with Gasteiger partial charge in [-0.2, -0.15) is 0 Å². The average Bonchev–Trinajstić information content (AvgIpc) is 3.23. The van der Waals surface area contributed by atoms with Crippen LogP contribution in [0.5, 0.6) is 0 Å². The molecule has 7 heteroatoms. The first kappa shape index (κ1) is 20.5. The molecule has 0 spiro atoms. The monoisotopic (exact) mass is 403 g/mol. The lowest BCUT2D eigenvalue weighted by Gasteiger charge is -2.32. The van der Waals surface area contributed by atoms with Crippen molar-refractivity contribution in [3.8, 4) is 0 Å². The Hall–Kier alpha value is -2.25. The van der Waals surface area contributed by atoms with Gasteiger partial charge in [-0.05, 0) is 56.1 Å². The van der Waals surface area contributed by atoms with E-state index in [9.17, 15) is 14.0 Å². The van der Waals surface area contributed by atoms with Crippen LogP contribution in [0.15, 0.2) is 41.8 Å². The fourth-order valence-corrected chi connectivity index (χ4v) is 4.22. The van der Waals surface area contributed by atoms with E-state index in [0.29, 0.717) is 32.5 Å². The number of hydrogen-bond donors (Lipinski definition) is 1. The molecule has 2 aromatic rings. The number of carbonyl (C=O) groups is 2. The van der Waals surface area contributed by atoms with E-state index in [1.807, 2.05) is 41.4 Å². The van der Waals surface area contributed by atoms with Crippen molar-refractivity contribution in [3.63, 3.8) is 0 Å². The Balaban J connectivity index is 1.51. The predicted molar refractivity (Wildman–Crippen MR) is 109 cm³/mol. The van der Waals surface area contributed by atoms with Crippen molar-refractivity contribution < 1.29 is 14.0 Å². The lowest BCUT2D eigenvalue weighted by Crippen LogP contribution is -2.44. The molecule has 0 bridgehead atoms. The highest BCUT2D eigenvalue weighted by Crippen LogP contribution is 2.22. The quantitative estimate of drug-likeness (QED) is 0.806. The maximum Gasteiger partial charge on any atom is 0.263 e. The van der Waals surface area contributed by atoms with E-state index in [4.69, 9.17) is 0 Å². The van der Waals surface area contributed by atoms with E-state index in [0.717, 1.165) is 10.4 Å². The van der Waals surface area contributed by atoms with Crippen LogP contribution < -0.4 is 5.32 Å². The first-order valence-corrected chi connectivity index (χ1v) is 10.4. The van der Waals surface area contributed by atoms with Crippen molar-refractivity contribution in [1.29, 1.82) is 0 Å². The Morgan fingerprint density at radius 3 is 2.46 bits per heavy atom. The summed E-state index contributed by atoms with van der Waals surface area (Å²) in [7, 11) is 3.88. The summed E-state index contributed by atoms with van der Waals surface area (Å²) in [5.74, 6) is -0.271. The molecule has 1 unspecified atom stereocenters. The molecular formula is C21H26FN3O2S. The molecule has 2 heterocycles. The van der Waals surface area contributed by atoms with E-state index in [1.165, 1.54) is 23.5 Å². The minimum absolute atomic E-state index is 0.0231. The zero-order valence-corrected chi connectivity index (χ0v) is 17.0. The van der Waals surface area contributed by atoms with Crippen LogP contribution in [0.25, 0.3) is 0 Å². The minimum Gasteiger partial charge on any atom is -0.354 e. The predicted octanol–water partition coefficient (Wildman–Crippen LogP) is 3.16. The number of piperidine rings is 1. The van der Waals surface area contributed by atoms with Crippen LogP contribution in [0.3, 0.4) is 0 Å². The number of halogens is 1. The summed E-state index contributed by atoms with van der Waals surface area (Å²) < 4.78 is 13.2. The number of hydrogen-bond acceptors (Lipinski definition) is 4. The molecule has 28 heavy (non-hydrogen) atoms. The zero-order chi connectivity index (χ0) is 20.1. The van der Waals surface area contributed by atoms with Gasteiger partial charge < -0.3 is 15.1 Å². The molecule has 1 aliphatic rings. The molecular weight excluding hydrogens is 377 g/mol. The lowest BCUT2D eigenvalue weighted by atomic mass is 9.95. The maximum absolute atomic E-state index is 13.2. The number of amides is 2. The van der Waals surface area contributed by atoms with Gasteiger partial charge in [-0.15, -0.1) is 11.3 Å². The highest BCUT2D eigenvalue weighted by molar-refractivity contribution is 7.12. The van der Waals surface area contributed by atoms with E-state index in [2.05, 4.69) is 5.32 Å². The molecule has 1 N–H and O–H groups in total. The van der Waals surface area contributed by atoms with Gasteiger partial charge >= 0.3 is 0 Å². The third kappa shape index (κ3) is 4.97. The molecule has 2 amide bonds. The number of nitrogens with one attached hydrogen (secondary N) is 1. The van der Waals surface area contributed by atoms with E-state index < -0.39 is 0 Å². The van der Waals surface area contributed by atoms with Gasteiger partial charge in [0.25, 0.3) is 5.91 Å². The summed E-state index contributed by atoms with van der Waals surface area (Å²) in [4.78, 5) is 29.6. The van der Waals surface area contributed by atoms with Gasteiger partial charge in [0.2, 0.25) is 5.91 Å². The molecule has 1 atom stereocenters. The normalized spacial score (nSPS) is 16.2. The third-order valence-corrected chi connectivity index (χ3v) is 6.09. The Labute approximate surface area is 169 Å². The van der Waals surface area contributed by atoms with Crippen LogP contribution in [0.2, 0.25) is 0 Å². The van der Waals surface area contributed by atoms with Crippen LogP contribution >= 0.6 is 11.3 Å². The fourth-order valence-electron chi connectivity index (χ4n) is 3.53. The summed E-state index contributed by atoms with van der Waals surface area (Å²) >= 11 is 1.45. The summed E-state index contributed by atoms with van der Waals surface area (Å²) in [5, 5.41) is 4.94. The number of thiophene rings is 1. The number of likely N-dealkylation sites (tertiary alicyclic amines) is 1. The maximum atomic E-state index is 13.2. The molecule has 1 aromatic carbocycles. The first-order valence-electron chi connectivity index (χ1n) is 9.48. The van der Waals surface area contributed by atoms with Crippen LogP contribution in [0.1, 0.15) is 34.1 Å². The van der Waals surface area contributed by atoms with Crippen molar-refractivity contribution in [2.24, 2.45) is 5.92 Å². The summed E-state index contributed by atoms with van der Waals surface area (Å²) in [6.45, 7) is 1.67. The second kappa shape index (κ2) is 9.30. The number of rotatable bonds is 6. The first-order chi connectivity index (χ1) is 13.5. The van der Waals surface area contributed by atoms with Gasteiger partial charge in [-0.1, -0.05) is 18.2 Å². The number of carbonyl (C=O) groups excluding carboxylic acids is 2. The molecule has 5 nitrogen and oxygen atoms in total. The van der Waals surface area contributed by atoms with Gasteiger partial charge in [-0.25, -0.2) is 4.39 Å². The minimum atomic E-state index is -0.269. The van der Waals surface area contributed by atoms with Crippen LogP contribution in [0.4, 0.5) is 4.39 Å². The Morgan fingerprint density at radius 1 is 1.21 bits per heavy atom. The van der Waals surface area contributed by atoms with Crippen molar-refractivity contribution in [3.05, 3.63) is 58.0 Å². The van der Waals surface area contributed by atoms with Crippen LogP contribution in [-0.4, -0.2) is 55.3 Å². The van der Waals surface area contributed by atoms with E-state index in [-0.39, 0.29) is 29.6 Å². The van der Waals surface area contributed by atoms with Gasteiger partial charge in [0, 0.05) is 25.6 Å². The van der Waals surface area contributed by atoms with Crippen molar-refractivity contribution in [2.75, 3.05) is 33.7 Å². The number of likely N-dealkylation sites (N-methyl/N-ethyl adjacent to an activating group) is 1. The Bertz CT molecular complexity index is 784. The van der Waals surface area contributed by atoms with Gasteiger partial charge in [0.15, 0.2) is 0 Å². The fraction of sp³-hybridized carbons (Fsp3) is 0.429. The molecule has 1 aliphatic heterocycles. The summed E-state index contributed by atoms with van der Waals surface area (Å²) in [6, 6.07) is 10.1. The molecule has 1 saturated heterocycles. The SMILES string of the molecule is CN(C)C(CNC(=O)C1CCN(C(=O)c2cccs2)CC1)c1ccc(F)cc1. The van der Waals surface area contributed by atoms with Crippen LogP contribution in [0, 0.1) is 11.7 Å². The standard InChI is InChI=1S/C21H26FN3O2S/c1-24(2)18(15-5-7-17(22)8-6-15)14-23-20(26)16-9-11-25(12-10-16)21(27)19-4-3-13-28-19/h3-8,13,16,18H,9-12,14H2,1-2H3,(H,23,26). The van der Waals surface area contributed by atoms with Gasteiger partial charge in [0.1, 0.15) is 5.82 Å². The highest BCUT2D eigenvalue weighted by Gasteiger charge is 2.28. The molecule has 1 aromatic heterocycles. The van der Waals surface area contributed by atoms with Crippen molar-refractivity contribution in [2.45, 2.75) is 18.9 Å². The van der Waals surface area contributed by atoms with Crippen molar-refractivity contribution >= 4 is 23.2 Å². The smallest absolute Gasteiger partial charge is 0.263 e. The van der Waals surface area contributed by atoms with E-state index >= 15 is 0 Å². The molecule has 3 rings (SSSR count). The van der Waals surface area contributed by atoms with E-state index in [1.54, 1.807) is 12.1 Å². The molecule has 0 radical (unpaired) electrons. The topological polar surface area (TPSA) is 52.7 Å². The molecule has 0 saturated carbocycles. The van der Waals surface area contributed by atoms with Gasteiger partial charge in [-0.3, -0.25) is 9.59 Å². The Kier molecular flexibility index (Phi) is 6.80. The summed E-state index contributed by atoms with van der Waals surface area (Å²) in [5.41, 5.74) is 0.961. The lowest BCUT2D eigenvalue weighted by molar-refractivity contribution is -0.126. The average molecular weight is 404 g/mol. The highest BCUT2D eigenvalue weighted by atomic mass is 32.1. The second-order valence-electron chi connectivity index (χ2n) is 7.32. The zero-order valence-electron chi connectivity index (χ0n) is 16.2.